The molecule has 0 aliphatic heterocycles. The summed E-state index contributed by atoms with van der Waals surface area (Å²) >= 11 is 0. The number of aliphatic hydroxyl groups is 2. The molecule has 1 amide bonds. The van der Waals surface area contributed by atoms with E-state index in [4.69, 9.17) is 0 Å². The Balaban J connectivity index is 1.53. The molecule has 0 radical (unpaired) electrons. The number of carbonyl (C=O) groups excluding carboxylic acids is 1. The monoisotopic (exact) mass is 585 g/mol. The van der Waals surface area contributed by atoms with Crippen molar-refractivity contribution in [1.29, 1.82) is 0 Å². The second-order valence-electron chi connectivity index (χ2n) is 11.2. The highest BCUT2D eigenvalue weighted by Gasteiger charge is 2.29. The fourth-order valence-electron chi connectivity index (χ4n) is 5.06. The average Bonchev–Trinajstić information content (AvgIpc) is 3.29. The first-order valence-corrected chi connectivity index (χ1v) is 15.2. The van der Waals surface area contributed by atoms with E-state index in [1.807, 2.05) is 60.0 Å². The maximum Gasteiger partial charge on any atom is 0.264 e. The molecule has 0 bridgehead atoms. The minimum absolute atomic E-state index is 0.0773. The maximum absolute atomic E-state index is 14.0. The molecule has 4 aromatic carbocycles. The molecular formula is C33H35N3O5S. The van der Waals surface area contributed by atoms with Crippen molar-refractivity contribution in [2.45, 2.75) is 43.9 Å². The van der Waals surface area contributed by atoms with Gasteiger partial charge in [0.15, 0.2) is 0 Å². The summed E-state index contributed by atoms with van der Waals surface area (Å²) < 4.78 is 31.2. The second-order valence-corrected chi connectivity index (χ2v) is 13.1. The van der Waals surface area contributed by atoms with Crippen molar-refractivity contribution in [2.24, 2.45) is 0 Å². The van der Waals surface area contributed by atoms with Gasteiger partial charge in [0.2, 0.25) is 0 Å². The van der Waals surface area contributed by atoms with Crippen LogP contribution in [0.5, 0.6) is 0 Å². The van der Waals surface area contributed by atoms with Crippen LogP contribution in [0.2, 0.25) is 0 Å². The van der Waals surface area contributed by atoms with Gasteiger partial charge in [0, 0.05) is 27.4 Å². The van der Waals surface area contributed by atoms with Crippen molar-refractivity contribution in [1.82, 2.24) is 9.88 Å². The van der Waals surface area contributed by atoms with E-state index in [1.54, 1.807) is 44.2 Å². The number of nitrogens with zero attached hydrogens (tertiary/aromatic N) is 2. The van der Waals surface area contributed by atoms with Gasteiger partial charge in [-0.15, -0.1) is 0 Å². The third kappa shape index (κ3) is 5.90. The molecule has 218 valence electrons. The first-order valence-electron chi connectivity index (χ1n) is 13.8. The molecule has 9 heteroatoms. The number of amides is 1. The number of nitrogens with one attached hydrogen (secondary N) is 1. The molecule has 0 saturated heterocycles. The van der Waals surface area contributed by atoms with Gasteiger partial charge in [0.1, 0.15) is 0 Å². The zero-order valence-corrected chi connectivity index (χ0v) is 24.7. The van der Waals surface area contributed by atoms with E-state index in [0.29, 0.717) is 0 Å². The zero-order chi connectivity index (χ0) is 30.1. The molecule has 1 heterocycles. The summed E-state index contributed by atoms with van der Waals surface area (Å²) in [5.41, 5.74) is 2.41. The Morgan fingerprint density at radius 3 is 2.10 bits per heavy atom. The zero-order valence-electron chi connectivity index (χ0n) is 23.9. The lowest BCUT2D eigenvalue weighted by Gasteiger charge is -2.28. The fraction of sp³-hybridized carbons (Fsp3) is 0.242. The van der Waals surface area contributed by atoms with Crippen LogP contribution in [0.15, 0.2) is 102 Å². The van der Waals surface area contributed by atoms with Crippen LogP contribution in [0.3, 0.4) is 0 Å². The number of hydrogen-bond acceptors (Lipinski definition) is 5. The lowest BCUT2D eigenvalue weighted by molar-refractivity contribution is 0.0869. The van der Waals surface area contributed by atoms with Crippen LogP contribution in [-0.2, 0) is 16.6 Å². The van der Waals surface area contributed by atoms with Crippen molar-refractivity contribution in [3.8, 4) is 0 Å². The van der Waals surface area contributed by atoms with Crippen LogP contribution in [0, 0.1) is 6.92 Å². The van der Waals surface area contributed by atoms with E-state index in [2.05, 4.69) is 5.32 Å². The van der Waals surface area contributed by atoms with Gasteiger partial charge in [-0.05, 0) is 63.2 Å². The van der Waals surface area contributed by atoms with E-state index in [-0.39, 0.29) is 35.8 Å². The quantitative estimate of drug-likeness (QED) is 0.217. The molecule has 0 aliphatic carbocycles. The van der Waals surface area contributed by atoms with Crippen LogP contribution >= 0.6 is 0 Å². The van der Waals surface area contributed by atoms with E-state index >= 15 is 0 Å². The summed E-state index contributed by atoms with van der Waals surface area (Å²) in [4.78, 5) is 13.1. The molecule has 5 rings (SSSR count). The molecule has 1 unspecified atom stereocenters. The van der Waals surface area contributed by atoms with E-state index in [0.717, 1.165) is 31.7 Å². The number of fused-ring (bicyclic) bond motifs is 3. The van der Waals surface area contributed by atoms with Crippen molar-refractivity contribution < 1.29 is 23.4 Å². The number of rotatable bonds is 10. The van der Waals surface area contributed by atoms with Crippen molar-refractivity contribution in [3.63, 3.8) is 0 Å². The fourth-order valence-corrected chi connectivity index (χ4v) is 6.55. The Hall–Kier alpha value is -4.18. The van der Waals surface area contributed by atoms with Crippen LogP contribution in [0.25, 0.3) is 21.8 Å². The van der Waals surface area contributed by atoms with Crippen LogP contribution in [0.1, 0.15) is 29.8 Å². The number of aromatic nitrogens is 1. The Kier molecular flexibility index (Phi) is 8.10. The first kappa shape index (κ1) is 29.3. The molecule has 5 aromatic rings. The highest BCUT2D eigenvalue weighted by Crippen LogP contribution is 2.30. The molecule has 0 spiro atoms. The molecule has 42 heavy (non-hydrogen) atoms. The lowest BCUT2D eigenvalue weighted by atomic mass is 10.1. The average molecular weight is 586 g/mol. The number of aryl methyl sites for hydroxylation is 1. The minimum Gasteiger partial charge on any atom is -0.394 e. The number of hydrogen-bond donors (Lipinski definition) is 3. The number of carbonyl (C=O) groups is 1. The second kappa shape index (κ2) is 11.6. The third-order valence-corrected chi connectivity index (χ3v) is 9.11. The Morgan fingerprint density at radius 1 is 0.905 bits per heavy atom. The van der Waals surface area contributed by atoms with Gasteiger partial charge >= 0.3 is 0 Å². The Morgan fingerprint density at radius 2 is 1.50 bits per heavy atom. The molecule has 3 N–H and O–H groups in total. The molecule has 0 aliphatic rings. The number of sulfonamides is 1. The standard InChI is InChI=1S/C33H35N3O5S/c1-23-15-17-27(18-16-23)42(40,41)36(25-10-8-9-24(19-25)32(39)34-33(2,3)22-37)21-26(38)20-35-30-13-6-4-11-28(30)29-12-5-7-14-31(29)35/h4-19,26,37-38H,20-22H2,1-3H3,(H,34,39). The topological polar surface area (TPSA) is 112 Å². The van der Waals surface area contributed by atoms with Gasteiger partial charge in [0.05, 0.1) is 41.9 Å². The highest BCUT2D eigenvalue weighted by atomic mass is 32.2. The first-order chi connectivity index (χ1) is 20.0. The SMILES string of the molecule is Cc1ccc(S(=O)(=O)N(CC(O)Cn2c3ccccc3c3ccccc32)c2cccc(C(=O)NC(C)(C)CO)c2)cc1. The van der Waals surface area contributed by atoms with Gasteiger partial charge in [0.25, 0.3) is 15.9 Å². The largest absolute Gasteiger partial charge is 0.394 e. The van der Waals surface area contributed by atoms with E-state index in [9.17, 15) is 23.4 Å². The number of benzene rings is 4. The van der Waals surface area contributed by atoms with E-state index < -0.39 is 27.6 Å². The molecule has 0 fully saturated rings. The summed E-state index contributed by atoms with van der Waals surface area (Å²) in [5.74, 6) is -0.450. The minimum atomic E-state index is -4.12. The third-order valence-electron chi connectivity index (χ3n) is 7.30. The summed E-state index contributed by atoms with van der Waals surface area (Å²) in [6, 6.07) is 28.6. The summed E-state index contributed by atoms with van der Waals surface area (Å²) in [6.45, 7) is 4.89. The predicted octanol–water partition coefficient (Wildman–Crippen LogP) is 4.86. The van der Waals surface area contributed by atoms with Crippen molar-refractivity contribution in [2.75, 3.05) is 17.5 Å². The van der Waals surface area contributed by atoms with Gasteiger partial charge in [-0.1, -0.05) is 60.2 Å². The number of anilines is 1. The molecule has 1 aromatic heterocycles. The normalized spacial score (nSPS) is 12.9. The van der Waals surface area contributed by atoms with Gasteiger partial charge in [-0.2, -0.15) is 0 Å². The molecule has 8 nitrogen and oxygen atoms in total. The molecular weight excluding hydrogens is 550 g/mol. The van der Waals surface area contributed by atoms with Gasteiger partial charge in [-0.3, -0.25) is 9.10 Å². The maximum atomic E-state index is 14.0. The summed E-state index contributed by atoms with van der Waals surface area (Å²) in [7, 11) is -4.12. The predicted molar refractivity (Wildman–Crippen MR) is 166 cm³/mol. The van der Waals surface area contributed by atoms with Crippen molar-refractivity contribution in [3.05, 3.63) is 108 Å². The lowest BCUT2D eigenvalue weighted by Crippen LogP contribution is -2.46. The molecule has 0 saturated carbocycles. The van der Waals surface area contributed by atoms with Gasteiger partial charge in [-0.25, -0.2) is 8.42 Å². The Bertz CT molecular complexity index is 1790. The van der Waals surface area contributed by atoms with Crippen LogP contribution in [-0.4, -0.2) is 53.9 Å². The highest BCUT2D eigenvalue weighted by molar-refractivity contribution is 7.92. The van der Waals surface area contributed by atoms with E-state index in [1.165, 1.54) is 18.2 Å². The number of para-hydroxylation sites is 2. The Labute approximate surface area is 245 Å². The van der Waals surface area contributed by atoms with Crippen molar-refractivity contribution >= 4 is 43.4 Å². The van der Waals surface area contributed by atoms with Crippen LogP contribution in [0.4, 0.5) is 5.69 Å². The number of aliphatic hydroxyl groups excluding tert-OH is 2. The summed E-state index contributed by atoms with van der Waals surface area (Å²) in [5, 5.41) is 25.9. The van der Waals surface area contributed by atoms with Gasteiger partial charge < -0.3 is 20.1 Å². The van der Waals surface area contributed by atoms with Crippen LogP contribution < -0.4 is 9.62 Å². The smallest absolute Gasteiger partial charge is 0.264 e. The molecule has 1 atom stereocenters. The summed E-state index contributed by atoms with van der Waals surface area (Å²) in [6.07, 6.45) is -1.09.